The van der Waals surface area contributed by atoms with Crippen molar-refractivity contribution >= 4 is 17.7 Å². The standard InChI is InChI=1S/C13H26N2OS/c1-10(17-2)7-8-15-13(16)12-5-3-11(9-14)4-6-12/h10-12H,3-9,14H2,1-2H3,(H,15,16). The van der Waals surface area contributed by atoms with Crippen LogP contribution in [0.2, 0.25) is 0 Å². The van der Waals surface area contributed by atoms with Crippen molar-refractivity contribution in [2.45, 2.75) is 44.3 Å². The van der Waals surface area contributed by atoms with E-state index >= 15 is 0 Å². The van der Waals surface area contributed by atoms with E-state index in [-0.39, 0.29) is 11.8 Å². The first-order valence-corrected chi connectivity index (χ1v) is 7.96. The van der Waals surface area contributed by atoms with Gasteiger partial charge in [0.2, 0.25) is 5.91 Å². The van der Waals surface area contributed by atoms with Crippen LogP contribution in [0.5, 0.6) is 0 Å². The molecule has 17 heavy (non-hydrogen) atoms. The van der Waals surface area contributed by atoms with Gasteiger partial charge >= 0.3 is 0 Å². The fourth-order valence-corrected chi connectivity index (χ4v) is 2.67. The van der Waals surface area contributed by atoms with E-state index in [1.807, 2.05) is 11.8 Å². The van der Waals surface area contributed by atoms with Crippen LogP contribution in [0.3, 0.4) is 0 Å². The van der Waals surface area contributed by atoms with Crippen LogP contribution >= 0.6 is 11.8 Å². The Morgan fingerprint density at radius 2 is 2.06 bits per heavy atom. The van der Waals surface area contributed by atoms with Crippen molar-refractivity contribution in [3.05, 3.63) is 0 Å². The molecule has 1 fully saturated rings. The molecule has 0 spiro atoms. The number of nitrogens with one attached hydrogen (secondary N) is 1. The van der Waals surface area contributed by atoms with Crippen LogP contribution in [0.1, 0.15) is 39.0 Å². The average Bonchev–Trinajstić information content (AvgIpc) is 2.38. The van der Waals surface area contributed by atoms with Gasteiger partial charge in [0.25, 0.3) is 0 Å². The highest BCUT2D eigenvalue weighted by Crippen LogP contribution is 2.28. The van der Waals surface area contributed by atoms with Crippen molar-refractivity contribution in [1.29, 1.82) is 0 Å². The maximum atomic E-state index is 11.9. The molecule has 1 unspecified atom stereocenters. The maximum absolute atomic E-state index is 11.9. The molecule has 1 aliphatic carbocycles. The summed E-state index contributed by atoms with van der Waals surface area (Å²) in [7, 11) is 0. The van der Waals surface area contributed by atoms with Gasteiger partial charge in [-0.1, -0.05) is 6.92 Å². The lowest BCUT2D eigenvalue weighted by Crippen LogP contribution is -2.35. The predicted octanol–water partition coefficient (Wildman–Crippen LogP) is 2.01. The van der Waals surface area contributed by atoms with Crippen molar-refractivity contribution in [1.82, 2.24) is 5.32 Å². The van der Waals surface area contributed by atoms with Gasteiger partial charge in [-0.2, -0.15) is 11.8 Å². The first kappa shape index (κ1) is 14.8. The lowest BCUT2D eigenvalue weighted by atomic mass is 9.81. The third kappa shape index (κ3) is 5.30. The Kier molecular flexibility index (Phi) is 6.97. The monoisotopic (exact) mass is 258 g/mol. The number of hydrogen-bond donors (Lipinski definition) is 2. The second-order valence-electron chi connectivity index (χ2n) is 5.08. The molecular weight excluding hydrogens is 232 g/mol. The van der Waals surface area contributed by atoms with Gasteiger partial charge in [0.05, 0.1) is 0 Å². The van der Waals surface area contributed by atoms with Gasteiger partial charge in [-0.25, -0.2) is 0 Å². The number of carbonyl (C=O) groups is 1. The minimum absolute atomic E-state index is 0.238. The Hall–Kier alpha value is -0.220. The number of thioether (sulfide) groups is 1. The van der Waals surface area contributed by atoms with Gasteiger partial charge in [0.1, 0.15) is 0 Å². The van der Waals surface area contributed by atoms with E-state index in [1.165, 1.54) is 0 Å². The molecule has 4 heteroatoms. The van der Waals surface area contributed by atoms with Gasteiger partial charge in [-0.05, 0) is 50.8 Å². The highest BCUT2D eigenvalue weighted by Gasteiger charge is 2.25. The van der Waals surface area contributed by atoms with Crippen molar-refractivity contribution in [2.75, 3.05) is 19.3 Å². The summed E-state index contributed by atoms with van der Waals surface area (Å²) in [6, 6.07) is 0. The Morgan fingerprint density at radius 3 is 2.59 bits per heavy atom. The Labute approximate surface area is 109 Å². The molecule has 1 atom stereocenters. The van der Waals surface area contributed by atoms with E-state index in [4.69, 9.17) is 5.73 Å². The fraction of sp³-hybridized carbons (Fsp3) is 0.923. The van der Waals surface area contributed by atoms with Gasteiger partial charge in [0, 0.05) is 17.7 Å². The molecule has 100 valence electrons. The third-order valence-corrected chi connectivity index (χ3v) is 4.84. The van der Waals surface area contributed by atoms with Gasteiger partial charge in [0.15, 0.2) is 0 Å². The summed E-state index contributed by atoms with van der Waals surface area (Å²) in [4.78, 5) is 11.9. The SMILES string of the molecule is CSC(C)CCNC(=O)C1CCC(CN)CC1. The molecule has 0 aliphatic heterocycles. The minimum atomic E-state index is 0.238. The van der Waals surface area contributed by atoms with E-state index in [9.17, 15) is 4.79 Å². The topological polar surface area (TPSA) is 55.1 Å². The molecule has 1 rings (SSSR count). The normalized spacial score (nSPS) is 26.5. The van der Waals surface area contributed by atoms with Crippen LogP contribution in [0.4, 0.5) is 0 Å². The average molecular weight is 258 g/mol. The zero-order chi connectivity index (χ0) is 12.7. The van der Waals surface area contributed by atoms with Crippen LogP contribution in [-0.4, -0.2) is 30.5 Å². The molecule has 1 amide bonds. The molecular formula is C13H26N2OS. The molecule has 1 saturated carbocycles. The zero-order valence-electron chi connectivity index (χ0n) is 11.1. The van der Waals surface area contributed by atoms with Crippen LogP contribution in [0, 0.1) is 11.8 Å². The molecule has 3 nitrogen and oxygen atoms in total. The molecule has 0 aromatic rings. The minimum Gasteiger partial charge on any atom is -0.356 e. The molecule has 0 radical (unpaired) electrons. The summed E-state index contributed by atoms with van der Waals surface area (Å²) in [6.45, 7) is 3.79. The molecule has 0 saturated heterocycles. The Balaban J connectivity index is 2.16. The van der Waals surface area contributed by atoms with Crippen LogP contribution in [0.25, 0.3) is 0 Å². The molecule has 1 aliphatic rings. The molecule has 3 N–H and O–H groups in total. The number of nitrogens with two attached hydrogens (primary N) is 1. The first-order valence-electron chi connectivity index (χ1n) is 6.68. The Bertz CT molecular complexity index is 227. The second-order valence-corrected chi connectivity index (χ2v) is 6.36. The summed E-state index contributed by atoms with van der Waals surface area (Å²) in [5, 5.41) is 3.69. The zero-order valence-corrected chi connectivity index (χ0v) is 11.9. The van der Waals surface area contributed by atoms with Gasteiger partial charge in [-0.15, -0.1) is 0 Å². The van der Waals surface area contributed by atoms with E-state index in [2.05, 4.69) is 18.5 Å². The van der Waals surface area contributed by atoms with Gasteiger partial charge < -0.3 is 11.1 Å². The maximum Gasteiger partial charge on any atom is 0.223 e. The quantitative estimate of drug-likeness (QED) is 0.766. The fourth-order valence-electron chi connectivity index (χ4n) is 2.32. The number of amides is 1. The molecule has 0 aromatic heterocycles. The largest absolute Gasteiger partial charge is 0.356 e. The third-order valence-electron chi connectivity index (χ3n) is 3.80. The van der Waals surface area contributed by atoms with Crippen molar-refractivity contribution in [3.8, 4) is 0 Å². The smallest absolute Gasteiger partial charge is 0.223 e. The van der Waals surface area contributed by atoms with Crippen molar-refractivity contribution in [3.63, 3.8) is 0 Å². The van der Waals surface area contributed by atoms with Crippen LogP contribution in [0.15, 0.2) is 0 Å². The lowest BCUT2D eigenvalue weighted by molar-refractivity contribution is -0.126. The summed E-state index contributed by atoms with van der Waals surface area (Å²) in [6.07, 6.45) is 7.45. The summed E-state index contributed by atoms with van der Waals surface area (Å²) in [5.74, 6) is 1.15. The molecule has 0 heterocycles. The Morgan fingerprint density at radius 1 is 1.41 bits per heavy atom. The first-order chi connectivity index (χ1) is 8.17. The highest BCUT2D eigenvalue weighted by molar-refractivity contribution is 7.99. The number of carbonyl (C=O) groups excluding carboxylic acids is 1. The van der Waals surface area contributed by atoms with Crippen LogP contribution in [-0.2, 0) is 4.79 Å². The summed E-state index contributed by atoms with van der Waals surface area (Å²) in [5.41, 5.74) is 5.65. The molecule has 0 aromatic carbocycles. The molecule has 0 bridgehead atoms. The second kappa shape index (κ2) is 7.98. The van der Waals surface area contributed by atoms with Crippen molar-refractivity contribution in [2.24, 2.45) is 17.6 Å². The van der Waals surface area contributed by atoms with E-state index < -0.39 is 0 Å². The number of rotatable bonds is 6. The summed E-state index contributed by atoms with van der Waals surface area (Å²) >= 11 is 1.85. The van der Waals surface area contributed by atoms with Crippen LogP contribution < -0.4 is 11.1 Å². The summed E-state index contributed by atoms with van der Waals surface area (Å²) < 4.78 is 0. The van der Waals surface area contributed by atoms with Crippen molar-refractivity contribution < 1.29 is 4.79 Å². The lowest BCUT2D eigenvalue weighted by Gasteiger charge is -2.26. The van der Waals surface area contributed by atoms with Gasteiger partial charge in [-0.3, -0.25) is 4.79 Å². The van der Waals surface area contributed by atoms with E-state index in [0.29, 0.717) is 11.2 Å². The number of hydrogen-bond acceptors (Lipinski definition) is 3. The highest BCUT2D eigenvalue weighted by atomic mass is 32.2. The predicted molar refractivity (Wildman–Crippen MR) is 75.1 cm³/mol. The van der Waals surface area contributed by atoms with E-state index in [0.717, 1.165) is 45.2 Å². The van der Waals surface area contributed by atoms with E-state index in [1.54, 1.807) is 0 Å².